The summed E-state index contributed by atoms with van der Waals surface area (Å²) in [7, 11) is 0. The van der Waals surface area contributed by atoms with Crippen molar-refractivity contribution in [3.05, 3.63) is 12.2 Å². The van der Waals surface area contributed by atoms with E-state index in [9.17, 15) is 9.59 Å². The van der Waals surface area contributed by atoms with Gasteiger partial charge in [0.05, 0.1) is 0 Å². The van der Waals surface area contributed by atoms with Crippen LogP contribution in [0, 0.1) is 0 Å². The molecule has 0 bridgehead atoms. The van der Waals surface area contributed by atoms with E-state index in [0.29, 0.717) is 6.42 Å². The Labute approximate surface area is 94.2 Å². The Morgan fingerprint density at radius 2 is 1.87 bits per heavy atom. The summed E-state index contributed by atoms with van der Waals surface area (Å²) in [6.07, 6.45) is 0.841. The van der Waals surface area contributed by atoms with Gasteiger partial charge in [0, 0.05) is 18.9 Å². The summed E-state index contributed by atoms with van der Waals surface area (Å²) in [6, 6.07) is 0. The van der Waals surface area contributed by atoms with Gasteiger partial charge in [-0.3, -0.25) is 4.79 Å². The molecule has 0 spiro atoms. The van der Waals surface area contributed by atoms with Crippen LogP contribution in [0.3, 0.4) is 0 Å². The molecule has 5 heteroatoms. The standard InChI is InChI=1S/C10H15ClO4/c1-5-6-10(11,14-8(4)12)15-9(13)7(2)3/h2,5-6H2,1,3-4H3. The summed E-state index contributed by atoms with van der Waals surface area (Å²) in [6.45, 7) is 7.91. The number of hydrogen-bond acceptors (Lipinski definition) is 4. The fourth-order valence-electron chi connectivity index (χ4n) is 0.862. The highest BCUT2D eigenvalue weighted by molar-refractivity contribution is 6.23. The van der Waals surface area contributed by atoms with E-state index >= 15 is 0 Å². The second-order valence-corrected chi connectivity index (χ2v) is 3.75. The normalized spacial score (nSPS) is 13.9. The molecule has 15 heavy (non-hydrogen) atoms. The summed E-state index contributed by atoms with van der Waals surface area (Å²) in [5, 5.41) is -1.71. The van der Waals surface area contributed by atoms with Crippen LogP contribution in [-0.2, 0) is 19.1 Å². The number of halogens is 1. The monoisotopic (exact) mass is 234 g/mol. The Balaban J connectivity index is 4.56. The average molecular weight is 235 g/mol. The van der Waals surface area contributed by atoms with Crippen LogP contribution in [0.4, 0.5) is 0 Å². The molecule has 0 aliphatic heterocycles. The zero-order valence-electron chi connectivity index (χ0n) is 9.13. The number of alkyl halides is 1. The minimum Gasteiger partial charge on any atom is -0.408 e. The van der Waals surface area contributed by atoms with Crippen LogP contribution in [0.1, 0.15) is 33.6 Å². The van der Waals surface area contributed by atoms with Crippen molar-refractivity contribution in [3.8, 4) is 0 Å². The molecule has 0 aromatic heterocycles. The molecule has 0 aromatic rings. The van der Waals surface area contributed by atoms with Gasteiger partial charge in [-0.15, -0.1) is 0 Å². The molecule has 0 saturated carbocycles. The molecule has 86 valence electrons. The van der Waals surface area contributed by atoms with Crippen molar-refractivity contribution >= 4 is 23.5 Å². The Morgan fingerprint density at radius 1 is 1.33 bits per heavy atom. The average Bonchev–Trinajstić information content (AvgIpc) is 2.01. The lowest BCUT2D eigenvalue weighted by molar-refractivity contribution is -0.197. The summed E-state index contributed by atoms with van der Waals surface area (Å²) in [5.41, 5.74) is 0.197. The van der Waals surface area contributed by atoms with E-state index in [4.69, 9.17) is 21.1 Å². The van der Waals surface area contributed by atoms with Crippen molar-refractivity contribution in [2.75, 3.05) is 0 Å². The third kappa shape index (κ3) is 5.42. The van der Waals surface area contributed by atoms with Gasteiger partial charge in [0.1, 0.15) is 0 Å². The zero-order chi connectivity index (χ0) is 12.1. The first-order chi connectivity index (χ1) is 6.80. The fourth-order valence-corrected chi connectivity index (χ4v) is 1.23. The van der Waals surface area contributed by atoms with Crippen LogP contribution in [0.15, 0.2) is 12.2 Å². The lowest BCUT2D eigenvalue weighted by atomic mass is 10.3. The highest BCUT2D eigenvalue weighted by atomic mass is 35.5. The van der Waals surface area contributed by atoms with Crippen molar-refractivity contribution in [2.45, 2.75) is 38.9 Å². The number of hydrogen-bond donors (Lipinski definition) is 0. The Kier molecular flexibility index (Phi) is 5.36. The van der Waals surface area contributed by atoms with Crippen molar-refractivity contribution in [2.24, 2.45) is 0 Å². The summed E-state index contributed by atoms with van der Waals surface area (Å²) in [4.78, 5) is 22.0. The third-order valence-corrected chi connectivity index (χ3v) is 1.78. The Hall–Kier alpha value is -1.03. The van der Waals surface area contributed by atoms with Crippen molar-refractivity contribution in [3.63, 3.8) is 0 Å². The highest BCUT2D eigenvalue weighted by Crippen LogP contribution is 2.26. The van der Waals surface area contributed by atoms with E-state index in [1.807, 2.05) is 6.92 Å². The van der Waals surface area contributed by atoms with Gasteiger partial charge >= 0.3 is 17.2 Å². The summed E-state index contributed by atoms with van der Waals surface area (Å²) >= 11 is 5.85. The van der Waals surface area contributed by atoms with Crippen LogP contribution in [-0.4, -0.2) is 17.2 Å². The van der Waals surface area contributed by atoms with Crippen molar-refractivity contribution in [1.29, 1.82) is 0 Å². The maximum atomic E-state index is 11.2. The first-order valence-corrected chi connectivity index (χ1v) is 4.96. The van der Waals surface area contributed by atoms with Crippen LogP contribution in [0.5, 0.6) is 0 Å². The van der Waals surface area contributed by atoms with Gasteiger partial charge in [-0.25, -0.2) is 4.79 Å². The smallest absolute Gasteiger partial charge is 0.337 e. The van der Waals surface area contributed by atoms with Crippen LogP contribution < -0.4 is 0 Å². The van der Waals surface area contributed by atoms with Crippen molar-refractivity contribution < 1.29 is 19.1 Å². The van der Waals surface area contributed by atoms with Gasteiger partial charge in [-0.05, 0) is 24.9 Å². The second-order valence-electron chi connectivity index (χ2n) is 3.17. The number of esters is 2. The van der Waals surface area contributed by atoms with Gasteiger partial charge in [-0.1, -0.05) is 13.5 Å². The van der Waals surface area contributed by atoms with Crippen LogP contribution in [0.25, 0.3) is 0 Å². The van der Waals surface area contributed by atoms with Gasteiger partial charge < -0.3 is 9.47 Å². The topological polar surface area (TPSA) is 52.6 Å². The van der Waals surface area contributed by atoms with E-state index in [1.165, 1.54) is 13.8 Å². The third-order valence-electron chi connectivity index (χ3n) is 1.44. The fraction of sp³-hybridized carbons (Fsp3) is 0.600. The second kappa shape index (κ2) is 5.75. The first kappa shape index (κ1) is 14.0. The number of carbonyl (C=O) groups excluding carboxylic acids is 2. The van der Waals surface area contributed by atoms with E-state index in [2.05, 4.69) is 6.58 Å². The molecule has 1 atom stereocenters. The molecule has 0 radical (unpaired) electrons. The van der Waals surface area contributed by atoms with E-state index in [-0.39, 0.29) is 12.0 Å². The molecule has 0 saturated heterocycles. The molecule has 0 aliphatic carbocycles. The quantitative estimate of drug-likeness (QED) is 0.317. The number of ether oxygens (including phenoxy) is 2. The number of carbonyl (C=O) groups is 2. The number of rotatable bonds is 5. The first-order valence-electron chi connectivity index (χ1n) is 4.58. The Morgan fingerprint density at radius 3 is 2.20 bits per heavy atom. The molecular weight excluding hydrogens is 220 g/mol. The Bertz CT molecular complexity index is 275. The van der Waals surface area contributed by atoms with Gasteiger partial charge in [0.2, 0.25) is 0 Å². The van der Waals surface area contributed by atoms with Gasteiger partial charge in [0.25, 0.3) is 0 Å². The highest BCUT2D eigenvalue weighted by Gasteiger charge is 2.34. The SMILES string of the molecule is C=C(C)C(=O)OC(Cl)(CCC)OC(C)=O. The molecule has 0 aromatic carbocycles. The van der Waals surface area contributed by atoms with Crippen LogP contribution in [0.2, 0.25) is 0 Å². The molecule has 0 heterocycles. The van der Waals surface area contributed by atoms with E-state index in [1.54, 1.807) is 0 Å². The minimum absolute atomic E-state index is 0.197. The molecule has 4 nitrogen and oxygen atoms in total. The molecule has 0 fully saturated rings. The summed E-state index contributed by atoms with van der Waals surface area (Å²) < 4.78 is 9.58. The van der Waals surface area contributed by atoms with Gasteiger partial charge in [-0.2, -0.15) is 0 Å². The predicted molar refractivity (Wildman–Crippen MR) is 56.2 cm³/mol. The molecular formula is C10H15ClO4. The molecule has 1 unspecified atom stereocenters. The molecule has 0 aliphatic rings. The zero-order valence-corrected chi connectivity index (χ0v) is 9.89. The predicted octanol–water partition coefficient (Wildman–Crippen LogP) is 2.36. The molecule has 0 amide bonds. The summed E-state index contributed by atoms with van der Waals surface area (Å²) in [5.74, 6) is -1.28. The van der Waals surface area contributed by atoms with Crippen molar-refractivity contribution in [1.82, 2.24) is 0 Å². The maximum Gasteiger partial charge on any atom is 0.337 e. The van der Waals surface area contributed by atoms with E-state index in [0.717, 1.165) is 0 Å². The lowest BCUT2D eigenvalue weighted by Gasteiger charge is -2.25. The lowest BCUT2D eigenvalue weighted by Crippen LogP contribution is -2.34. The largest absolute Gasteiger partial charge is 0.408 e. The minimum atomic E-state index is -1.71. The van der Waals surface area contributed by atoms with Gasteiger partial charge in [0.15, 0.2) is 0 Å². The van der Waals surface area contributed by atoms with Crippen LogP contribution >= 0.6 is 11.6 Å². The molecule has 0 N–H and O–H groups in total. The molecule has 0 rings (SSSR count). The maximum absolute atomic E-state index is 11.2. The van der Waals surface area contributed by atoms with E-state index < -0.39 is 17.2 Å².